The van der Waals surface area contributed by atoms with Gasteiger partial charge in [0.2, 0.25) is 0 Å². The van der Waals surface area contributed by atoms with E-state index >= 15 is 0 Å². The van der Waals surface area contributed by atoms with Crippen molar-refractivity contribution in [3.05, 3.63) is 53.6 Å². The van der Waals surface area contributed by atoms with Gasteiger partial charge in [0.25, 0.3) is 0 Å². The van der Waals surface area contributed by atoms with Crippen LogP contribution in [-0.4, -0.2) is 12.4 Å². The molecule has 0 saturated heterocycles. The predicted octanol–water partition coefficient (Wildman–Crippen LogP) is 4.85. The first-order valence-electron chi connectivity index (χ1n) is 6.74. The summed E-state index contributed by atoms with van der Waals surface area (Å²) in [5, 5.41) is 5.18. The Bertz CT molecular complexity index is 697. The van der Waals surface area contributed by atoms with E-state index in [2.05, 4.69) is 15.4 Å². The lowest BCUT2D eigenvalue weighted by Gasteiger charge is -2.11. The molecule has 0 atom stereocenters. The van der Waals surface area contributed by atoms with Crippen molar-refractivity contribution < 1.29 is 22.7 Å². The molecule has 0 aliphatic rings. The Morgan fingerprint density at radius 2 is 1.48 bits per heavy atom. The van der Waals surface area contributed by atoms with Gasteiger partial charge in [0.15, 0.2) is 0 Å². The third kappa shape index (κ3) is 5.21. The average Bonchev–Trinajstić information content (AvgIpc) is 2.43. The molecule has 0 bridgehead atoms. The first-order valence-corrected chi connectivity index (χ1v) is 6.74. The summed E-state index contributed by atoms with van der Waals surface area (Å²) in [5.74, 6) is -0.349. The van der Waals surface area contributed by atoms with Crippen molar-refractivity contribution in [1.29, 1.82) is 0 Å². The summed E-state index contributed by atoms with van der Waals surface area (Å²) in [6.45, 7) is 3.89. The number of alkyl halides is 3. The first-order chi connectivity index (χ1) is 10.7. The van der Waals surface area contributed by atoms with Gasteiger partial charge in [0, 0.05) is 11.4 Å². The molecule has 4 nitrogen and oxygen atoms in total. The highest BCUT2D eigenvalue weighted by atomic mass is 19.4. The van der Waals surface area contributed by atoms with Crippen molar-refractivity contribution in [3.63, 3.8) is 0 Å². The van der Waals surface area contributed by atoms with Crippen molar-refractivity contribution in [3.8, 4) is 5.75 Å². The number of anilines is 2. The summed E-state index contributed by atoms with van der Waals surface area (Å²) in [6, 6.07) is 9.88. The van der Waals surface area contributed by atoms with Crippen molar-refractivity contribution in [2.75, 3.05) is 10.6 Å². The number of aryl methyl sites for hydroxylation is 2. The second-order valence-corrected chi connectivity index (χ2v) is 4.95. The van der Waals surface area contributed by atoms with Crippen LogP contribution in [0.3, 0.4) is 0 Å². The summed E-state index contributed by atoms with van der Waals surface area (Å²) in [5.41, 5.74) is 3.12. The Morgan fingerprint density at radius 3 is 2.04 bits per heavy atom. The molecule has 0 aromatic heterocycles. The molecule has 23 heavy (non-hydrogen) atoms. The number of nitrogens with one attached hydrogen (secondary N) is 2. The van der Waals surface area contributed by atoms with Crippen LogP contribution in [0.2, 0.25) is 0 Å². The fourth-order valence-electron chi connectivity index (χ4n) is 1.85. The molecule has 2 N–H and O–H groups in total. The number of urea groups is 1. The summed E-state index contributed by atoms with van der Waals surface area (Å²) < 4.78 is 39.9. The highest BCUT2D eigenvalue weighted by molar-refractivity contribution is 5.99. The second kappa shape index (κ2) is 6.60. The SMILES string of the molecule is Cc1ccc(NC(=O)Nc2ccc(OC(F)(F)F)cc2)cc1C. The summed E-state index contributed by atoms with van der Waals surface area (Å²) in [6.07, 6.45) is -4.74. The summed E-state index contributed by atoms with van der Waals surface area (Å²) in [7, 11) is 0. The molecular formula is C16H15F3N2O2. The van der Waals surface area contributed by atoms with Gasteiger partial charge >= 0.3 is 12.4 Å². The number of rotatable bonds is 3. The number of carbonyl (C=O) groups excluding carboxylic acids is 1. The molecule has 0 aliphatic heterocycles. The summed E-state index contributed by atoms with van der Waals surface area (Å²) >= 11 is 0. The third-order valence-corrected chi connectivity index (χ3v) is 3.11. The molecular weight excluding hydrogens is 309 g/mol. The molecule has 2 aromatic carbocycles. The molecule has 7 heteroatoms. The quantitative estimate of drug-likeness (QED) is 0.848. The van der Waals surface area contributed by atoms with Gasteiger partial charge in [-0.3, -0.25) is 0 Å². The van der Waals surface area contributed by atoms with Gasteiger partial charge in [-0.15, -0.1) is 13.2 Å². The highest BCUT2D eigenvalue weighted by Gasteiger charge is 2.30. The zero-order valence-corrected chi connectivity index (χ0v) is 12.5. The minimum Gasteiger partial charge on any atom is -0.406 e. The lowest BCUT2D eigenvalue weighted by atomic mass is 10.1. The predicted molar refractivity (Wildman–Crippen MR) is 81.7 cm³/mol. The fraction of sp³-hybridized carbons (Fsp3) is 0.188. The van der Waals surface area contributed by atoms with Crippen LogP contribution in [0.25, 0.3) is 0 Å². The molecule has 0 radical (unpaired) electrons. The standard InChI is InChI=1S/C16H15F3N2O2/c1-10-3-4-13(9-11(10)2)21-15(22)20-12-5-7-14(8-6-12)23-16(17,18)19/h3-9H,1-2H3,(H2,20,21,22). The van der Waals surface area contributed by atoms with Crippen molar-refractivity contribution in [1.82, 2.24) is 0 Å². The fourth-order valence-corrected chi connectivity index (χ4v) is 1.85. The number of ether oxygens (including phenoxy) is 1. The maximum atomic E-state index is 12.1. The normalized spacial score (nSPS) is 11.0. The van der Waals surface area contributed by atoms with E-state index in [1.54, 1.807) is 6.07 Å². The molecule has 0 saturated carbocycles. The Morgan fingerprint density at radius 1 is 0.913 bits per heavy atom. The van der Waals surface area contributed by atoms with Gasteiger partial charge in [-0.05, 0) is 61.4 Å². The molecule has 2 rings (SSSR count). The number of amides is 2. The van der Waals surface area contributed by atoms with Gasteiger partial charge in [-0.25, -0.2) is 4.79 Å². The van der Waals surface area contributed by atoms with Crippen LogP contribution in [-0.2, 0) is 0 Å². The van der Waals surface area contributed by atoms with Crippen molar-refractivity contribution in [2.24, 2.45) is 0 Å². The van der Waals surface area contributed by atoms with Gasteiger partial charge in [0.1, 0.15) is 5.75 Å². The maximum absolute atomic E-state index is 12.1. The average molecular weight is 324 g/mol. The van der Waals surface area contributed by atoms with Crippen LogP contribution >= 0.6 is 0 Å². The molecule has 0 unspecified atom stereocenters. The van der Waals surface area contributed by atoms with Crippen LogP contribution in [0.1, 0.15) is 11.1 Å². The van der Waals surface area contributed by atoms with Crippen LogP contribution in [0, 0.1) is 13.8 Å². The van der Waals surface area contributed by atoms with E-state index in [1.165, 1.54) is 12.1 Å². The van der Waals surface area contributed by atoms with Crippen LogP contribution in [0.4, 0.5) is 29.3 Å². The summed E-state index contributed by atoms with van der Waals surface area (Å²) in [4.78, 5) is 11.9. The van der Waals surface area contributed by atoms with E-state index in [9.17, 15) is 18.0 Å². The highest BCUT2D eigenvalue weighted by Crippen LogP contribution is 2.24. The Balaban J connectivity index is 1.96. The van der Waals surface area contributed by atoms with E-state index in [0.29, 0.717) is 11.4 Å². The molecule has 0 aliphatic carbocycles. The van der Waals surface area contributed by atoms with Gasteiger partial charge in [-0.2, -0.15) is 0 Å². The van der Waals surface area contributed by atoms with Crippen LogP contribution in [0.5, 0.6) is 5.75 Å². The van der Waals surface area contributed by atoms with E-state index in [1.807, 2.05) is 26.0 Å². The zero-order valence-electron chi connectivity index (χ0n) is 12.5. The van der Waals surface area contributed by atoms with Crippen LogP contribution < -0.4 is 15.4 Å². The molecule has 0 fully saturated rings. The lowest BCUT2D eigenvalue weighted by Crippen LogP contribution is -2.19. The molecule has 122 valence electrons. The molecule has 0 heterocycles. The molecule has 2 amide bonds. The Kier molecular flexibility index (Phi) is 4.78. The van der Waals surface area contributed by atoms with E-state index in [4.69, 9.17) is 0 Å². The van der Waals surface area contributed by atoms with Gasteiger partial charge < -0.3 is 15.4 Å². The molecule has 2 aromatic rings. The minimum atomic E-state index is -4.74. The smallest absolute Gasteiger partial charge is 0.406 e. The lowest BCUT2D eigenvalue weighted by molar-refractivity contribution is -0.274. The van der Waals surface area contributed by atoms with Crippen LogP contribution in [0.15, 0.2) is 42.5 Å². The monoisotopic (exact) mass is 324 g/mol. The topological polar surface area (TPSA) is 50.4 Å². The number of hydrogen-bond acceptors (Lipinski definition) is 2. The first kappa shape index (κ1) is 16.7. The van der Waals surface area contributed by atoms with Crippen molar-refractivity contribution >= 4 is 17.4 Å². The van der Waals surface area contributed by atoms with E-state index < -0.39 is 12.4 Å². The largest absolute Gasteiger partial charge is 0.573 e. The maximum Gasteiger partial charge on any atom is 0.573 e. The van der Waals surface area contributed by atoms with Gasteiger partial charge in [0.05, 0.1) is 0 Å². The third-order valence-electron chi connectivity index (χ3n) is 3.11. The molecule has 0 spiro atoms. The Labute approximate surface area is 131 Å². The number of halogens is 3. The van der Waals surface area contributed by atoms with Gasteiger partial charge in [-0.1, -0.05) is 6.07 Å². The number of benzene rings is 2. The van der Waals surface area contributed by atoms with E-state index in [-0.39, 0.29) is 5.75 Å². The zero-order chi connectivity index (χ0) is 17.0. The second-order valence-electron chi connectivity index (χ2n) is 4.95. The van der Waals surface area contributed by atoms with E-state index in [0.717, 1.165) is 23.3 Å². The van der Waals surface area contributed by atoms with Crippen molar-refractivity contribution in [2.45, 2.75) is 20.2 Å². The minimum absolute atomic E-state index is 0.348. The number of carbonyl (C=O) groups is 1. The number of hydrogen-bond donors (Lipinski definition) is 2. The Hall–Kier alpha value is -2.70.